The van der Waals surface area contributed by atoms with Gasteiger partial charge in [-0.1, -0.05) is 39.0 Å². The van der Waals surface area contributed by atoms with Crippen LogP contribution in [-0.2, 0) is 19.1 Å². The van der Waals surface area contributed by atoms with E-state index < -0.39 is 29.2 Å². The molecule has 210 valence electrons. The second-order valence-corrected chi connectivity index (χ2v) is 9.73. The van der Waals surface area contributed by atoms with Crippen LogP contribution in [-0.4, -0.2) is 80.6 Å². The molecule has 2 fully saturated rings. The van der Waals surface area contributed by atoms with Crippen molar-refractivity contribution in [1.82, 2.24) is 15.5 Å². The van der Waals surface area contributed by atoms with E-state index in [1.807, 2.05) is 6.92 Å². The fraction of sp³-hybridized carbons (Fsp3) is 0.630. The van der Waals surface area contributed by atoms with Gasteiger partial charge < -0.3 is 35.1 Å². The summed E-state index contributed by atoms with van der Waals surface area (Å²) in [5.74, 6) is -1.11. The molecule has 1 aliphatic heterocycles. The van der Waals surface area contributed by atoms with E-state index in [2.05, 4.69) is 16.0 Å². The van der Waals surface area contributed by atoms with Crippen LogP contribution in [0.15, 0.2) is 18.2 Å². The average Bonchev–Trinajstić information content (AvgIpc) is 2.95. The number of unbranched alkanes of at least 4 members (excludes halogenated alkanes) is 1. The highest BCUT2D eigenvalue weighted by Crippen LogP contribution is 2.31. The molecule has 1 saturated carbocycles. The van der Waals surface area contributed by atoms with Gasteiger partial charge in [0.2, 0.25) is 11.7 Å². The molecule has 0 radical (unpaired) electrons. The van der Waals surface area contributed by atoms with Crippen molar-refractivity contribution in [1.29, 1.82) is 0 Å². The lowest BCUT2D eigenvalue weighted by Crippen LogP contribution is -2.64. The number of ketones is 1. The molecule has 11 heteroatoms. The number of nitrogens with one attached hydrogen (secondary N) is 3. The van der Waals surface area contributed by atoms with Crippen LogP contribution in [0.25, 0.3) is 0 Å². The second kappa shape index (κ2) is 14.0. The van der Waals surface area contributed by atoms with Crippen LogP contribution in [0.4, 0.5) is 10.5 Å². The minimum atomic E-state index is -1.13. The Kier molecular flexibility index (Phi) is 10.8. The number of carbonyl (C=O) groups excluding carboxylic acids is 4. The van der Waals surface area contributed by atoms with Gasteiger partial charge in [-0.15, -0.1) is 0 Å². The molecule has 38 heavy (non-hydrogen) atoms. The topological polar surface area (TPSA) is 135 Å². The molecule has 4 amide bonds. The molecule has 3 rings (SSSR count). The molecule has 1 aliphatic carbocycles. The number of hydrogen-bond donors (Lipinski definition) is 3. The lowest BCUT2D eigenvalue weighted by Gasteiger charge is -2.39. The molecule has 1 atom stereocenters. The van der Waals surface area contributed by atoms with E-state index in [1.54, 1.807) is 23.1 Å². The van der Waals surface area contributed by atoms with E-state index in [1.165, 1.54) is 14.2 Å². The van der Waals surface area contributed by atoms with Crippen molar-refractivity contribution in [3.05, 3.63) is 18.2 Å². The average molecular weight is 533 g/mol. The maximum Gasteiger partial charge on any atom is 0.318 e. The van der Waals surface area contributed by atoms with Gasteiger partial charge in [0.15, 0.2) is 11.5 Å². The number of ether oxygens (including phenoxy) is 3. The van der Waals surface area contributed by atoms with Crippen molar-refractivity contribution in [2.24, 2.45) is 0 Å². The number of benzene rings is 1. The summed E-state index contributed by atoms with van der Waals surface area (Å²) in [4.78, 5) is 54.5. The highest BCUT2D eigenvalue weighted by atomic mass is 16.5. The predicted octanol–water partition coefficient (Wildman–Crippen LogP) is 2.63. The van der Waals surface area contributed by atoms with Crippen molar-refractivity contribution in [3.8, 4) is 11.5 Å². The zero-order valence-corrected chi connectivity index (χ0v) is 22.6. The standard InChI is InChI=1S/C27H40N4O7/c1-4-5-9-20(23(32)24(33)28-19-10-11-21(36-2)22(18-19)37-3)29-25(34)27(12-7-6-8-13-27)30-26(35)31-14-16-38-17-15-31/h10-11,18,20H,4-9,12-17H2,1-3H3,(H,28,33)(H,29,34)(H,30,35). The third-order valence-corrected chi connectivity index (χ3v) is 7.12. The molecular weight excluding hydrogens is 492 g/mol. The summed E-state index contributed by atoms with van der Waals surface area (Å²) in [5, 5.41) is 8.40. The second-order valence-electron chi connectivity index (χ2n) is 9.73. The van der Waals surface area contributed by atoms with Gasteiger partial charge in [-0.3, -0.25) is 14.4 Å². The van der Waals surface area contributed by atoms with Crippen molar-refractivity contribution in [2.75, 3.05) is 45.8 Å². The SMILES string of the molecule is CCCCC(NC(=O)C1(NC(=O)N2CCOCC2)CCCCC1)C(=O)C(=O)Nc1ccc(OC)c(OC)c1. The molecule has 0 spiro atoms. The fourth-order valence-electron chi connectivity index (χ4n) is 4.85. The molecule has 2 aliphatic rings. The van der Waals surface area contributed by atoms with Gasteiger partial charge in [0.1, 0.15) is 5.54 Å². The summed E-state index contributed by atoms with van der Waals surface area (Å²) in [6.07, 6.45) is 5.23. The molecule has 1 unspecified atom stereocenters. The summed E-state index contributed by atoms with van der Waals surface area (Å²) in [5.41, 5.74) is -0.763. The zero-order chi connectivity index (χ0) is 27.5. The molecule has 11 nitrogen and oxygen atoms in total. The van der Waals surface area contributed by atoms with Crippen LogP contribution in [0.2, 0.25) is 0 Å². The van der Waals surface area contributed by atoms with Crippen molar-refractivity contribution in [3.63, 3.8) is 0 Å². The molecule has 1 saturated heterocycles. The summed E-state index contributed by atoms with van der Waals surface area (Å²) in [6.45, 7) is 3.79. The summed E-state index contributed by atoms with van der Waals surface area (Å²) in [6, 6.07) is 3.46. The quantitative estimate of drug-likeness (QED) is 0.373. The Balaban J connectivity index is 1.73. The van der Waals surface area contributed by atoms with Gasteiger partial charge >= 0.3 is 6.03 Å². The first-order valence-electron chi connectivity index (χ1n) is 13.4. The first-order chi connectivity index (χ1) is 18.3. The number of morpholine rings is 1. The third kappa shape index (κ3) is 7.37. The van der Waals surface area contributed by atoms with Crippen LogP contribution >= 0.6 is 0 Å². The van der Waals surface area contributed by atoms with Crippen LogP contribution in [0.3, 0.4) is 0 Å². The number of carbonyl (C=O) groups is 4. The van der Waals surface area contributed by atoms with Gasteiger partial charge in [0.05, 0.1) is 33.5 Å². The first-order valence-corrected chi connectivity index (χ1v) is 13.4. The number of anilines is 1. The Bertz CT molecular complexity index is 988. The third-order valence-electron chi connectivity index (χ3n) is 7.12. The number of hydrogen-bond acceptors (Lipinski definition) is 7. The lowest BCUT2D eigenvalue weighted by atomic mass is 9.80. The number of methoxy groups -OCH3 is 2. The Labute approximate surface area is 223 Å². The van der Waals surface area contributed by atoms with Gasteiger partial charge in [0.25, 0.3) is 5.91 Å². The van der Waals surface area contributed by atoms with Gasteiger partial charge in [-0.2, -0.15) is 0 Å². The predicted molar refractivity (Wildman–Crippen MR) is 141 cm³/mol. The van der Waals surface area contributed by atoms with E-state index in [0.29, 0.717) is 69.2 Å². The normalized spacial score (nSPS) is 17.6. The lowest BCUT2D eigenvalue weighted by molar-refractivity contribution is -0.138. The maximum absolute atomic E-state index is 13.7. The monoisotopic (exact) mass is 532 g/mol. The number of rotatable bonds is 11. The minimum absolute atomic E-state index is 0.312. The fourth-order valence-corrected chi connectivity index (χ4v) is 4.85. The minimum Gasteiger partial charge on any atom is -0.493 e. The molecular formula is C27H40N4O7. The van der Waals surface area contributed by atoms with Crippen LogP contribution in [0, 0.1) is 0 Å². The number of Topliss-reactive ketones (excluding diaryl/α,β-unsaturated/α-hetero) is 1. The number of nitrogens with zero attached hydrogens (tertiary/aromatic N) is 1. The van der Waals surface area contributed by atoms with E-state index in [0.717, 1.165) is 25.7 Å². The van der Waals surface area contributed by atoms with Crippen molar-refractivity contribution < 1.29 is 33.4 Å². The highest BCUT2D eigenvalue weighted by molar-refractivity contribution is 6.42. The first kappa shape index (κ1) is 29.2. The van der Waals surface area contributed by atoms with Crippen molar-refractivity contribution in [2.45, 2.75) is 69.9 Å². The van der Waals surface area contributed by atoms with E-state index in [-0.39, 0.29) is 6.03 Å². The van der Waals surface area contributed by atoms with Crippen LogP contribution < -0.4 is 25.4 Å². The number of urea groups is 1. The zero-order valence-electron chi connectivity index (χ0n) is 22.6. The smallest absolute Gasteiger partial charge is 0.318 e. The Morgan fingerprint density at radius 3 is 2.34 bits per heavy atom. The molecule has 0 aromatic heterocycles. The summed E-state index contributed by atoms with van der Waals surface area (Å²) >= 11 is 0. The molecule has 1 aromatic carbocycles. The largest absolute Gasteiger partial charge is 0.493 e. The highest BCUT2D eigenvalue weighted by Gasteiger charge is 2.43. The van der Waals surface area contributed by atoms with Crippen LogP contribution in [0.5, 0.6) is 11.5 Å². The van der Waals surface area contributed by atoms with Crippen LogP contribution in [0.1, 0.15) is 58.3 Å². The number of amides is 4. The van der Waals surface area contributed by atoms with Gasteiger partial charge in [-0.05, 0) is 31.4 Å². The molecule has 1 heterocycles. The molecule has 1 aromatic rings. The van der Waals surface area contributed by atoms with Gasteiger partial charge in [-0.25, -0.2) is 4.79 Å². The van der Waals surface area contributed by atoms with Crippen molar-refractivity contribution >= 4 is 29.3 Å². The molecule has 0 bridgehead atoms. The van der Waals surface area contributed by atoms with E-state index in [9.17, 15) is 19.2 Å². The summed E-state index contributed by atoms with van der Waals surface area (Å²) < 4.78 is 15.8. The summed E-state index contributed by atoms with van der Waals surface area (Å²) in [7, 11) is 2.98. The van der Waals surface area contributed by atoms with E-state index in [4.69, 9.17) is 14.2 Å². The Morgan fingerprint density at radius 2 is 1.71 bits per heavy atom. The maximum atomic E-state index is 13.7. The van der Waals surface area contributed by atoms with Gasteiger partial charge in [0, 0.05) is 24.8 Å². The Hall–Kier alpha value is -3.34. The molecule has 3 N–H and O–H groups in total. The van der Waals surface area contributed by atoms with E-state index >= 15 is 0 Å². The Morgan fingerprint density at radius 1 is 1.03 bits per heavy atom.